The lowest BCUT2D eigenvalue weighted by atomic mass is 10.2. The van der Waals surface area contributed by atoms with Crippen molar-refractivity contribution in [2.45, 2.75) is 12.5 Å². The van der Waals surface area contributed by atoms with Gasteiger partial charge in [0.15, 0.2) is 0 Å². The van der Waals surface area contributed by atoms with Gasteiger partial charge in [-0.25, -0.2) is 4.79 Å². The predicted octanol–water partition coefficient (Wildman–Crippen LogP) is 3.33. The van der Waals surface area contributed by atoms with E-state index in [9.17, 15) is 4.79 Å². The molecule has 0 spiro atoms. The molecule has 2 amide bonds. The summed E-state index contributed by atoms with van der Waals surface area (Å²) in [4.78, 5) is 16.5. The zero-order valence-corrected chi connectivity index (χ0v) is 13.8. The van der Waals surface area contributed by atoms with E-state index in [1.54, 1.807) is 0 Å². The van der Waals surface area contributed by atoms with Crippen LogP contribution in [0.15, 0.2) is 47.1 Å². The van der Waals surface area contributed by atoms with Crippen LogP contribution in [-0.2, 0) is 0 Å². The number of amides is 2. The monoisotopic (exact) mass is 349 g/mol. The molecule has 2 rings (SSSR count). The van der Waals surface area contributed by atoms with E-state index in [1.807, 2.05) is 35.2 Å². The van der Waals surface area contributed by atoms with Gasteiger partial charge in [-0.2, -0.15) is 0 Å². The van der Waals surface area contributed by atoms with Crippen LogP contribution in [0.2, 0.25) is 0 Å². The molecule has 1 saturated heterocycles. The second-order valence-electron chi connectivity index (χ2n) is 5.16. The normalized spacial score (nSPS) is 19.5. The third-order valence-electron chi connectivity index (χ3n) is 3.59. The highest BCUT2D eigenvalue weighted by molar-refractivity contribution is 9.10. The molecule has 0 radical (unpaired) electrons. The smallest absolute Gasteiger partial charge is 0.321 e. The Morgan fingerprint density at radius 1 is 1.52 bits per heavy atom. The molecule has 21 heavy (non-hydrogen) atoms. The zero-order valence-electron chi connectivity index (χ0n) is 12.2. The molecule has 1 aliphatic rings. The maximum atomic E-state index is 12.4. The minimum absolute atomic E-state index is 0.0640. The molecule has 5 heteroatoms. The Bertz CT molecular complexity index is 554. The third kappa shape index (κ3) is 4.46. The summed E-state index contributed by atoms with van der Waals surface area (Å²) in [5.74, 6) is 0. The van der Waals surface area contributed by atoms with Gasteiger partial charge < -0.3 is 10.2 Å². The third-order valence-corrected chi connectivity index (χ3v) is 4.08. The van der Waals surface area contributed by atoms with Crippen LogP contribution < -0.4 is 5.32 Å². The van der Waals surface area contributed by atoms with Crippen molar-refractivity contribution < 1.29 is 4.79 Å². The lowest BCUT2D eigenvalue weighted by molar-refractivity contribution is 0.206. The first-order chi connectivity index (χ1) is 10.1. The van der Waals surface area contributed by atoms with Crippen molar-refractivity contribution in [1.29, 1.82) is 0 Å². The minimum Gasteiger partial charge on any atom is -0.323 e. The maximum absolute atomic E-state index is 12.4. The number of hydrogen-bond acceptors (Lipinski definition) is 2. The Labute approximate surface area is 134 Å². The van der Waals surface area contributed by atoms with E-state index in [0.29, 0.717) is 6.54 Å². The van der Waals surface area contributed by atoms with Crippen LogP contribution >= 0.6 is 15.9 Å². The summed E-state index contributed by atoms with van der Waals surface area (Å²) in [6.07, 6.45) is 2.88. The fourth-order valence-corrected chi connectivity index (χ4v) is 2.80. The number of benzene rings is 1. The summed E-state index contributed by atoms with van der Waals surface area (Å²) in [5.41, 5.74) is 3.63. The lowest BCUT2D eigenvalue weighted by Crippen LogP contribution is -2.42. The molecule has 1 N–H and O–H groups in total. The maximum Gasteiger partial charge on any atom is 0.321 e. The molecule has 1 fully saturated rings. The van der Waals surface area contributed by atoms with Gasteiger partial charge in [0, 0.05) is 29.8 Å². The quantitative estimate of drug-likeness (QED) is 0.831. The molecule has 0 saturated carbocycles. The molecule has 1 aliphatic heterocycles. The van der Waals surface area contributed by atoms with Crippen LogP contribution in [0.3, 0.4) is 0 Å². The number of nitrogens with zero attached hydrogens (tertiary/aromatic N) is 2. The number of nitrogens with one attached hydrogen (secondary N) is 1. The van der Waals surface area contributed by atoms with E-state index >= 15 is 0 Å². The number of carbonyl (C=O) groups excluding carboxylic acids is 1. The summed E-state index contributed by atoms with van der Waals surface area (Å²) in [7, 11) is 2.06. The average molecular weight is 350 g/mol. The van der Waals surface area contributed by atoms with Crippen molar-refractivity contribution in [3.05, 3.63) is 47.1 Å². The number of anilines is 1. The van der Waals surface area contributed by atoms with Gasteiger partial charge in [0.25, 0.3) is 0 Å². The number of carbonyl (C=O) groups is 1. The van der Waals surface area contributed by atoms with Crippen LogP contribution in [0.25, 0.3) is 0 Å². The molecule has 0 aliphatic carbocycles. The van der Waals surface area contributed by atoms with Crippen molar-refractivity contribution >= 4 is 27.6 Å². The molecule has 0 bridgehead atoms. The highest BCUT2D eigenvalue weighted by Gasteiger charge is 2.23. The van der Waals surface area contributed by atoms with Crippen molar-refractivity contribution in [2.24, 2.45) is 0 Å². The number of halogens is 1. The van der Waals surface area contributed by atoms with Gasteiger partial charge in [-0.15, -0.1) is 5.73 Å². The van der Waals surface area contributed by atoms with Gasteiger partial charge in [0.2, 0.25) is 0 Å². The van der Waals surface area contributed by atoms with Crippen LogP contribution in [-0.4, -0.2) is 48.6 Å². The van der Waals surface area contributed by atoms with Gasteiger partial charge in [0.1, 0.15) is 0 Å². The lowest BCUT2D eigenvalue weighted by Gasteiger charge is -2.26. The molecular formula is C16H20BrN3O. The zero-order chi connectivity index (χ0) is 15.2. The molecule has 1 aromatic rings. The van der Waals surface area contributed by atoms with Crippen molar-refractivity contribution in [1.82, 2.24) is 9.80 Å². The summed E-state index contributed by atoms with van der Waals surface area (Å²) < 4.78 is 0.948. The number of rotatable bonds is 2. The highest BCUT2D eigenvalue weighted by Crippen LogP contribution is 2.17. The fourth-order valence-electron chi connectivity index (χ4n) is 2.40. The molecule has 112 valence electrons. The summed E-state index contributed by atoms with van der Waals surface area (Å²) in [6.45, 7) is 6.00. The molecule has 0 aromatic heterocycles. The standard InChI is InChI=1S/C16H20BrN3O/c1-3-6-15-12-20(10-5-9-19(15)2)16(21)18-14-8-4-7-13(17)11-14/h4,6-8,11,15H,1,5,9-10,12H2,2H3,(H,18,21). The van der Waals surface area contributed by atoms with Crippen molar-refractivity contribution in [2.75, 3.05) is 32.0 Å². The van der Waals surface area contributed by atoms with E-state index in [0.717, 1.165) is 29.7 Å². The van der Waals surface area contributed by atoms with Gasteiger partial charge >= 0.3 is 6.03 Å². The van der Waals surface area contributed by atoms with Crippen molar-refractivity contribution in [3.63, 3.8) is 0 Å². The Morgan fingerprint density at radius 3 is 3.05 bits per heavy atom. The molecule has 4 nitrogen and oxygen atoms in total. The van der Waals surface area contributed by atoms with E-state index < -0.39 is 0 Å². The van der Waals surface area contributed by atoms with Crippen LogP contribution in [0, 0.1) is 0 Å². The fraction of sp³-hybridized carbons (Fsp3) is 0.375. The van der Waals surface area contributed by atoms with E-state index in [4.69, 9.17) is 0 Å². The average Bonchev–Trinajstić information content (AvgIpc) is 2.62. The topological polar surface area (TPSA) is 35.6 Å². The second-order valence-corrected chi connectivity index (χ2v) is 6.07. The largest absolute Gasteiger partial charge is 0.323 e. The summed E-state index contributed by atoms with van der Waals surface area (Å²) in [5, 5.41) is 2.95. The number of hydrogen-bond donors (Lipinski definition) is 1. The Balaban J connectivity index is 2.05. The first-order valence-electron chi connectivity index (χ1n) is 6.98. The van der Waals surface area contributed by atoms with E-state index in [-0.39, 0.29) is 12.1 Å². The van der Waals surface area contributed by atoms with Gasteiger partial charge in [-0.3, -0.25) is 4.90 Å². The predicted molar refractivity (Wildman–Crippen MR) is 89.5 cm³/mol. The first kappa shape index (κ1) is 15.8. The Hall–Kier alpha value is -1.55. The number of likely N-dealkylation sites (N-methyl/N-ethyl adjacent to an activating group) is 1. The highest BCUT2D eigenvalue weighted by atomic mass is 79.9. The van der Waals surface area contributed by atoms with Gasteiger partial charge in [0.05, 0.1) is 6.04 Å². The van der Waals surface area contributed by atoms with Crippen LogP contribution in [0.4, 0.5) is 10.5 Å². The molecule has 1 atom stereocenters. The van der Waals surface area contributed by atoms with Gasteiger partial charge in [-0.1, -0.05) is 28.6 Å². The van der Waals surface area contributed by atoms with Crippen LogP contribution in [0.1, 0.15) is 6.42 Å². The van der Waals surface area contributed by atoms with Crippen molar-refractivity contribution in [3.8, 4) is 0 Å². The molecule has 1 aromatic carbocycles. The Morgan fingerprint density at radius 2 is 2.33 bits per heavy atom. The molecule has 1 unspecified atom stereocenters. The van der Waals surface area contributed by atoms with Gasteiger partial charge in [-0.05, 0) is 37.7 Å². The SMILES string of the molecule is C=C=CC1CN(C(=O)Nc2cccc(Br)c2)CCCN1C. The minimum atomic E-state index is -0.0640. The number of urea groups is 1. The summed E-state index contributed by atoms with van der Waals surface area (Å²) in [6, 6.07) is 7.71. The first-order valence-corrected chi connectivity index (χ1v) is 7.77. The van der Waals surface area contributed by atoms with E-state index in [1.165, 1.54) is 0 Å². The molecule has 1 heterocycles. The van der Waals surface area contributed by atoms with Crippen LogP contribution in [0.5, 0.6) is 0 Å². The second kappa shape index (κ2) is 7.46. The molecular weight excluding hydrogens is 330 g/mol. The van der Waals surface area contributed by atoms with E-state index in [2.05, 4.69) is 45.5 Å². The Kier molecular flexibility index (Phi) is 5.62. The summed E-state index contributed by atoms with van der Waals surface area (Å²) >= 11 is 3.41.